The summed E-state index contributed by atoms with van der Waals surface area (Å²) in [6.45, 7) is 33.5. The van der Waals surface area contributed by atoms with E-state index < -0.39 is 27.8 Å². The summed E-state index contributed by atoms with van der Waals surface area (Å²) in [4.78, 5) is 36.6. The Kier molecular flexibility index (Phi) is 55.6. The molecule has 0 radical (unpaired) electrons. The van der Waals surface area contributed by atoms with Gasteiger partial charge in [-0.1, -0.05) is 114 Å². The molecular formula is C38H90N5O7P2+. The number of amides is 2. The number of nitrogens with two attached hydrogens (primary N) is 1. The molecule has 52 heavy (non-hydrogen) atoms. The standard InChI is InChI=1S/2C16H36N.C3H8NO3P.C3H7NO2.H3N.HO2P/c2*1-5-9-13-17(14-10-6-2,15-11-7-3)16-12-8-4;1-2-8(6,7)3(4)5;1-2-4-3(5)6;;1-3-2/h2*5-16H2,1-4H3;2H2,1H3,(H2,4,5)(H,6,7);4H,2H2,1H3,(H,5,6);1H3;3H/q2*+1;;;;/p-1. The molecule has 0 aliphatic heterocycles. The smallest absolute Gasteiger partial charge is 0.491 e. The first-order chi connectivity index (χ1) is 24.2. The van der Waals surface area contributed by atoms with Crippen molar-refractivity contribution in [1.29, 1.82) is 0 Å². The van der Waals surface area contributed by atoms with Gasteiger partial charge in [-0.05, 0) is 69.0 Å². The molecule has 318 valence electrons. The zero-order valence-electron chi connectivity index (χ0n) is 35.9. The van der Waals surface area contributed by atoms with Crippen molar-refractivity contribution in [3.05, 3.63) is 0 Å². The highest BCUT2D eigenvalue weighted by Gasteiger charge is 2.25. The highest BCUT2D eigenvalue weighted by atomic mass is 31.2. The zero-order valence-corrected chi connectivity index (χ0v) is 37.8. The lowest BCUT2D eigenvalue weighted by Gasteiger charge is -2.39. The molecule has 2 atom stereocenters. The third-order valence-corrected chi connectivity index (χ3v) is 10.5. The van der Waals surface area contributed by atoms with E-state index in [1.165, 1.54) is 171 Å². The van der Waals surface area contributed by atoms with Gasteiger partial charge in [0.2, 0.25) is 0 Å². The molecule has 2 unspecified atom stereocenters. The Labute approximate surface area is 324 Å². The van der Waals surface area contributed by atoms with Crippen LogP contribution in [0.4, 0.5) is 9.59 Å². The molecule has 0 aliphatic carbocycles. The molecule has 0 fully saturated rings. The summed E-state index contributed by atoms with van der Waals surface area (Å²) in [6, 6.07) is 0. The number of carboxylic acid groups (broad SMARTS) is 1. The second-order valence-electron chi connectivity index (χ2n) is 13.5. The first kappa shape index (κ1) is 62.8. The number of carbonyl (C=O) groups is 2. The average molecular weight is 791 g/mol. The van der Waals surface area contributed by atoms with Crippen molar-refractivity contribution in [2.24, 2.45) is 5.73 Å². The van der Waals surface area contributed by atoms with E-state index in [4.69, 9.17) is 9.46 Å². The van der Waals surface area contributed by atoms with Gasteiger partial charge in [-0.25, -0.2) is 0 Å². The van der Waals surface area contributed by atoms with E-state index in [1.807, 2.05) is 5.32 Å². The minimum atomic E-state index is -3.86. The third-order valence-electron chi connectivity index (χ3n) is 8.96. The van der Waals surface area contributed by atoms with Gasteiger partial charge in [0.25, 0.3) is 5.65 Å². The van der Waals surface area contributed by atoms with Crippen LogP contribution in [0, 0.1) is 0 Å². The number of hydrogen-bond donors (Lipinski definition) is 4. The summed E-state index contributed by atoms with van der Waals surface area (Å²) >= 11 is 0. The summed E-state index contributed by atoms with van der Waals surface area (Å²) in [6.07, 6.45) is 20.7. The Bertz CT molecular complexity index is 701. The van der Waals surface area contributed by atoms with Crippen LogP contribution >= 0.6 is 16.1 Å². The SMILES string of the molecule is CCCC[N+](CCCC)(CCCC)CCCC.CCCC[N+](CCCC)(CCCC)CCCC.CCNC(=O)[O-].CCP(=O)([O-])C(N)=O.N.O=[PH+]O. The van der Waals surface area contributed by atoms with Crippen LogP contribution < -0.4 is 27.2 Å². The number of hydrogen-bond acceptors (Lipinski definition) is 7. The molecule has 2 amide bonds. The van der Waals surface area contributed by atoms with Gasteiger partial charge in [-0.3, -0.25) is 4.79 Å². The molecule has 12 nitrogen and oxygen atoms in total. The molecule has 0 saturated heterocycles. The van der Waals surface area contributed by atoms with Crippen LogP contribution in [0.5, 0.6) is 0 Å². The Hall–Kier alpha value is -1.13. The molecule has 0 heterocycles. The van der Waals surface area contributed by atoms with Crippen LogP contribution in [0.2, 0.25) is 0 Å². The number of nitrogens with one attached hydrogen (secondary N) is 1. The van der Waals surface area contributed by atoms with E-state index in [9.17, 15) is 24.2 Å². The molecule has 0 saturated carbocycles. The highest BCUT2D eigenvalue weighted by molar-refractivity contribution is 7.73. The lowest BCUT2D eigenvalue weighted by Crippen LogP contribution is -2.50. The fraction of sp³-hybridized carbons (Fsp3) is 0.947. The minimum absolute atomic E-state index is 0. The Morgan fingerprint density at radius 3 is 0.846 bits per heavy atom. The van der Waals surface area contributed by atoms with Gasteiger partial charge in [0.05, 0.1) is 52.4 Å². The maximum atomic E-state index is 10.3. The maximum absolute atomic E-state index is 10.3. The summed E-state index contributed by atoms with van der Waals surface area (Å²) < 4.78 is 21.6. The van der Waals surface area contributed by atoms with Gasteiger partial charge in [0.1, 0.15) is 13.5 Å². The predicted octanol–water partition coefficient (Wildman–Crippen LogP) is 8.75. The van der Waals surface area contributed by atoms with Crippen molar-refractivity contribution >= 4 is 27.8 Å². The first-order valence-electron chi connectivity index (χ1n) is 20.4. The first-order valence-corrected chi connectivity index (χ1v) is 23.1. The van der Waals surface area contributed by atoms with E-state index in [0.29, 0.717) is 6.54 Å². The third kappa shape index (κ3) is 43.3. The van der Waals surface area contributed by atoms with Gasteiger partial charge in [-0.15, -0.1) is 0 Å². The van der Waals surface area contributed by atoms with Crippen molar-refractivity contribution in [3.63, 3.8) is 0 Å². The van der Waals surface area contributed by atoms with Gasteiger partial charge < -0.3 is 45.5 Å². The summed E-state index contributed by atoms with van der Waals surface area (Å²) in [7, 11) is -5.02. The van der Waals surface area contributed by atoms with Crippen LogP contribution in [0.1, 0.15) is 172 Å². The van der Waals surface area contributed by atoms with E-state index in [1.54, 1.807) is 6.92 Å². The minimum Gasteiger partial charge on any atom is -0.793 e. The quantitative estimate of drug-likeness (QED) is 0.0466. The van der Waals surface area contributed by atoms with Crippen LogP contribution in [0.15, 0.2) is 0 Å². The second-order valence-corrected chi connectivity index (χ2v) is 16.1. The predicted molar refractivity (Wildman–Crippen MR) is 222 cm³/mol. The number of rotatable bonds is 27. The molecule has 0 aliphatic rings. The average Bonchev–Trinajstić information content (AvgIpc) is 3.11. The molecule has 0 bridgehead atoms. The van der Waals surface area contributed by atoms with E-state index in [-0.39, 0.29) is 12.3 Å². The molecular weight excluding hydrogens is 700 g/mol. The van der Waals surface area contributed by atoms with E-state index in [2.05, 4.69) is 61.1 Å². The van der Waals surface area contributed by atoms with Crippen LogP contribution in [0.25, 0.3) is 0 Å². The topological polar surface area (TPSA) is 208 Å². The number of quaternary nitrogens is 2. The van der Waals surface area contributed by atoms with E-state index >= 15 is 0 Å². The van der Waals surface area contributed by atoms with Gasteiger partial charge >= 0.3 is 8.69 Å². The maximum Gasteiger partial charge on any atom is 0.491 e. The second kappa shape index (κ2) is 46.0. The van der Waals surface area contributed by atoms with Crippen LogP contribution in [-0.2, 0) is 9.13 Å². The van der Waals surface area contributed by atoms with Gasteiger partial charge in [0, 0.05) is 6.54 Å². The molecule has 7 N–H and O–H groups in total. The van der Waals surface area contributed by atoms with E-state index in [0.717, 1.165) is 0 Å². The lowest BCUT2D eigenvalue weighted by molar-refractivity contribution is -0.929. The molecule has 0 aromatic heterocycles. The number of nitrogens with zero attached hydrogens (tertiary/aromatic N) is 2. The van der Waals surface area contributed by atoms with Gasteiger partial charge in [-0.2, -0.15) is 4.89 Å². The Balaban J connectivity index is -0.000000141. The van der Waals surface area contributed by atoms with Crippen molar-refractivity contribution in [2.45, 2.75) is 172 Å². The summed E-state index contributed by atoms with van der Waals surface area (Å²) in [5.41, 5.74) is 3.24. The largest absolute Gasteiger partial charge is 0.793 e. The van der Waals surface area contributed by atoms with Crippen molar-refractivity contribution in [3.8, 4) is 0 Å². The van der Waals surface area contributed by atoms with Crippen LogP contribution in [0.3, 0.4) is 0 Å². The highest BCUT2D eigenvalue weighted by Crippen LogP contribution is 2.33. The van der Waals surface area contributed by atoms with Crippen molar-refractivity contribution in [2.75, 3.05) is 65.1 Å². The fourth-order valence-corrected chi connectivity index (χ4v) is 5.90. The van der Waals surface area contributed by atoms with Crippen molar-refractivity contribution in [1.82, 2.24) is 11.5 Å². The molecule has 0 spiro atoms. The number of unbranched alkanes of at least 4 members (excludes halogenated alkanes) is 8. The normalized spacial score (nSPS) is 11.8. The molecule has 0 rings (SSSR count). The molecule has 0 aromatic rings. The Morgan fingerprint density at radius 1 is 0.596 bits per heavy atom. The fourth-order valence-electron chi connectivity index (χ4n) is 5.59. The lowest BCUT2D eigenvalue weighted by atomic mass is 10.1. The summed E-state index contributed by atoms with van der Waals surface area (Å²) in [5.74, 6) is 0. The van der Waals surface area contributed by atoms with Crippen LogP contribution in [-0.4, -0.2) is 90.7 Å². The summed E-state index contributed by atoms with van der Waals surface area (Å²) in [5, 5.41) is 11.4. The van der Waals surface area contributed by atoms with Crippen molar-refractivity contribution < 1.29 is 42.6 Å². The molecule has 0 aromatic carbocycles. The monoisotopic (exact) mass is 791 g/mol. The number of carbonyl (C=O) groups excluding carboxylic acids is 2. The molecule has 14 heteroatoms. The zero-order chi connectivity index (χ0) is 40.5. The number of primary amides is 1. The Morgan fingerprint density at radius 2 is 0.788 bits per heavy atom. The van der Waals surface area contributed by atoms with Gasteiger partial charge in [0.15, 0.2) is 0 Å².